The van der Waals surface area contributed by atoms with Gasteiger partial charge in [0.2, 0.25) is 5.91 Å². The smallest absolute Gasteiger partial charge is 0.237 e. The van der Waals surface area contributed by atoms with Gasteiger partial charge in [-0.1, -0.05) is 24.6 Å². The standard InChI is InChI=1S/C23H29N3O2/c1-28-20-8-4-7-19(14-20)23(10-11-23)17-25-22(27)21-9-2-3-13-26(21)16-18-6-5-12-24-15-18/h4-8,12,14-15,21H,2-3,9-11,13,16-17H2,1H3,(H,25,27). The molecule has 1 aliphatic heterocycles. The summed E-state index contributed by atoms with van der Waals surface area (Å²) >= 11 is 0. The van der Waals surface area contributed by atoms with Crippen LogP contribution in [0.2, 0.25) is 0 Å². The van der Waals surface area contributed by atoms with Gasteiger partial charge < -0.3 is 10.1 Å². The van der Waals surface area contributed by atoms with Crippen molar-refractivity contribution in [2.45, 2.75) is 50.1 Å². The van der Waals surface area contributed by atoms with Crippen LogP contribution in [-0.4, -0.2) is 42.0 Å². The second-order valence-corrected chi connectivity index (χ2v) is 8.07. The van der Waals surface area contributed by atoms with Crippen LogP contribution in [0, 0.1) is 0 Å². The Hall–Kier alpha value is -2.40. The molecule has 1 amide bonds. The fourth-order valence-electron chi connectivity index (χ4n) is 4.25. The molecule has 1 saturated carbocycles. The SMILES string of the molecule is COc1cccc(C2(CNC(=O)C3CCCCN3Cc3cccnc3)CC2)c1. The Morgan fingerprint density at radius 3 is 2.93 bits per heavy atom. The quantitative estimate of drug-likeness (QED) is 0.802. The maximum Gasteiger partial charge on any atom is 0.237 e. The maximum atomic E-state index is 13.0. The molecule has 1 saturated heterocycles. The largest absolute Gasteiger partial charge is 0.497 e. The third kappa shape index (κ3) is 4.20. The summed E-state index contributed by atoms with van der Waals surface area (Å²) in [6, 6.07) is 12.3. The molecule has 2 heterocycles. The van der Waals surface area contributed by atoms with E-state index in [0.717, 1.165) is 56.5 Å². The summed E-state index contributed by atoms with van der Waals surface area (Å²) in [5.74, 6) is 1.04. The Labute approximate surface area is 167 Å². The van der Waals surface area contributed by atoms with E-state index in [-0.39, 0.29) is 17.4 Å². The Bertz CT molecular complexity index is 805. The van der Waals surface area contributed by atoms with Crippen LogP contribution in [0.4, 0.5) is 0 Å². The van der Waals surface area contributed by atoms with Crippen molar-refractivity contribution in [1.82, 2.24) is 15.2 Å². The van der Waals surface area contributed by atoms with E-state index < -0.39 is 0 Å². The molecule has 1 atom stereocenters. The Morgan fingerprint density at radius 1 is 1.29 bits per heavy atom. The zero-order valence-corrected chi connectivity index (χ0v) is 16.6. The van der Waals surface area contributed by atoms with Crippen molar-refractivity contribution in [2.75, 3.05) is 20.2 Å². The summed E-state index contributed by atoms with van der Waals surface area (Å²) in [7, 11) is 1.69. The summed E-state index contributed by atoms with van der Waals surface area (Å²) in [4.78, 5) is 19.5. The lowest BCUT2D eigenvalue weighted by Crippen LogP contribution is -2.50. The van der Waals surface area contributed by atoms with Crippen LogP contribution in [0.15, 0.2) is 48.8 Å². The first kappa shape index (κ1) is 18.9. The number of nitrogens with zero attached hydrogens (tertiary/aromatic N) is 2. The molecule has 0 radical (unpaired) electrons. The first-order chi connectivity index (χ1) is 13.7. The maximum absolute atomic E-state index is 13.0. The number of aromatic nitrogens is 1. The molecule has 1 unspecified atom stereocenters. The first-order valence-electron chi connectivity index (χ1n) is 10.3. The van der Waals surface area contributed by atoms with Gasteiger partial charge in [0.15, 0.2) is 0 Å². The fraction of sp³-hybridized carbons (Fsp3) is 0.478. The van der Waals surface area contributed by atoms with Gasteiger partial charge in [-0.3, -0.25) is 14.7 Å². The third-order valence-electron chi connectivity index (χ3n) is 6.16. The molecule has 2 fully saturated rings. The monoisotopic (exact) mass is 379 g/mol. The van der Waals surface area contributed by atoms with E-state index in [2.05, 4.69) is 33.4 Å². The number of ether oxygens (including phenoxy) is 1. The van der Waals surface area contributed by atoms with Crippen molar-refractivity contribution in [3.8, 4) is 5.75 Å². The number of hydrogen-bond acceptors (Lipinski definition) is 4. The molecule has 5 nitrogen and oxygen atoms in total. The molecule has 2 aromatic rings. The molecule has 1 aliphatic carbocycles. The molecule has 4 rings (SSSR count). The number of amides is 1. The highest BCUT2D eigenvalue weighted by atomic mass is 16.5. The second kappa shape index (κ2) is 8.31. The van der Waals surface area contributed by atoms with Gasteiger partial charge in [0.25, 0.3) is 0 Å². The van der Waals surface area contributed by atoms with Crippen molar-refractivity contribution in [1.29, 1.82) is 0 Å². The van der Waals surface area contributed by atoms with Gasteiger partial charge in [-0.2, -0.15) is 0 Å². The van der Waals surface area contributed by atoms with Crippen molar-refractivity contribution in [3.63, 3.8) is 0 Å². The Balaban J connectivity index is 1.39. The summed E-state index contributed by atoms with van der Waals surface area (Å²) in [6.07, 6.45) is 9.11. The van der Waals surface area contributed by atoms with Crippen LogP contribution in [0.3, 0.4) is 0 Å². The molecule has 0 bridgehead atoms. The number of piperidine rings is 1. The van der Waals surface area contributed by atoms with Crippen LogP contribution in [0.25, 0.3) is 0 Å². The number of rotatable bonds is 7. The summed E-state index contributed by atoms with van der Waals surface area (Å²) in [6.45, 7) is 2.46. The molecule has 1 N–H and O–H groups in total. The average Bonchev–Trinajstić information content (AvgIpc) is 3.54. The lowest BCUT2D eigenvalue weighted by molar-refractivity contribution is -0.128. The normalized spacial score (nSPS) is 21.1. The number of likely N-dealkylation sites (tertiary alicyclic amines) is 1. The lowest BCUT2D eigenvalue weighted by atomic mass is 9.95. The number of benzene rings is 1. The molecule has 5 heteroatoms. The molecule has 148 valence electrons. The van der Waals surface area contributed by atoms with Crippen molar-refractivity contribution in [2.24, 2.45) is 0 Å². The van der Waals surface area contributed by atoms with Gasteiger partial charge in [-0.25, -0.2) is 0 Å². The van der Waals surface area contributed by atoms with Crippen molar-refractivity contribution < 1.29 is 9.53 Å². The number of carbonyl (C=O) groups is 1. The van der Waals surface area contributed by atoms with E-state index in [4.69, 9.17) is 4.74 Å². The minimum Gasteiger partial charge on any atom is -0.497 e. The van der Waals surface area contributed by atoms with Gasteiger partial charge in [-0.05, 0) is 61.6 Å². The van der Waals surface area contributed by atoms with Gasteiger partial charge in [0, 0.05) is 30.9 Å². The van der Waals surface area contributed by atoms with E-state index in [1.807, 2.05) is 24.4 Å². The highest BCUT2D eigenvalue weighted by Gasteiger charge is 2.45. The zero-order valence-electron chi connectivity index (χ0n) is 16.6. The Kier molecular flexibility index (Phi) is 5.62. The van der Waals surface area contributed by atoms with Crippen molar-refractivity contribution in [3.05, 3.63) is 59.9 Å². The number of hydrogen-bond donors (Lipinski definition) is 1. The second-order valence-electron chi connectivity index (χ2n) is 8.07. The van der Waals surface area contributed by atoms with Crippen molar-refractivity contribution >= 4 is 5.91 Å². The molecular weight excluding hydrogens is 350 g/mol. The zero-order chi connectivity index (χ0) is 19.4. The minimum atomic E-state index is -0.0462. The molecule has 2 aliphatic rings. The predicted molar refractivity (Wildman–Crippen MR) is 109 cm³/mol. The van der Waals surface area contributed by atoms with Crippen LogP contribution >= 0.6 is 0 Å². The van der Waals surface area contributed by atoms with Crippen LogP contribution in [0.5, 0.6) is 5.75 Å². The lowest BCUT2D eigenvalue weighted by Gasteiger charge is -2.35. The summed E-state index contributed by atoms with van der Waals surface area (Å²) < 4.78 is 5.37. The Morgan fingerprint density at radius 2 is 2.18 bits per heavy atom. The fourth-order valence-corrected chi connectivity index (χ4v) is 4.25. The van der Waals surface area contributed by atoms with Gasteiger partial charge in [-0.15, -0.1) is 0 Å². The molecule has 0 spiro atoms. The summed E-state index contributed by atoms with van der Waals surface area (Å²) in [5.41, 5.74) is 2.51. The van der Waals surface area contributed by atoms with Crippen LogP contribution in [0.1, 0.15) is 43.2 Å². The predicted octanol–water partition coefficient (Wildman–Crippen LogP) is 3.29. The van der Waals surface area contributed by atoms with E-state index in [1.54, 1.807) is 13.3 Å². The topological polar surface area (TPSA) is 54.5 Å². The average molecular weight is 380 g/mol. The number of methoxy groups -OCH3 is 1. The molecular formula is C23H29N3O2. The van der Waals surface area contributed by atoms with Crippen LogP contribution in [-0.2, 0) is 16.8 Å². The van der Waals surface area contributed by atoms with Crippen LogP contribution < -0.4 is 10.1 Å². The third-order valence-corrected chi connectivity index (χ3v) is 6.16. The van der Waals surface area contributed by atoms with E-state index >= 15 is 0 Å². The molecule has 28 heavy (non-hydrogen) atoms. The number of nitrogens with one attached hydrogen (secondary N) is 1. The molecule has 1 aromatic carbocycles. The highest BCUT2D eigenvalue weighted by Crippen LogP contribution is 2.48. The van der Waals surface area contributed by atoms with Gasteiger partial charge in [0.05, 0.1) is 13.2 Å². The van der Waals surface area contributed by atoms with E-state index in [0.29, 0.717) is 6.54 Å². The molecule has 1 aromatic heterocycles. The number of pyridine rings is 1. The minimum absolute atomic E-state index is 0.0462. The number of carbonyl (C=O) groups excluding carboxylic acids is 1. The summed E-state index contributed by atoms with van der Waals surface area (Å²) in [5, 5.41) is 3.27. The van der Waals surface area contributed by atoms with Gasteiger partial charge in [0.1, 0.15) is 5.75 Å². The first-order valence-corrected chi connectivity index (χ1v) is 10.3. The highest BCUT2D eigenvalue weighted by molar-refractivity contribution is 5.82. The van der Waals surface area contributed by atoms with E-state index in [9.17, 15) is 4.79 Å². The van der Waals surface area contributed by atoms with Gasteiger partial charge >= 0.3 is 0 Å². The van der Waals surface area contributed by atoms with E-state index in [1.165, 1.54) is 5.56 Å².